The van der Waals surface area contributed by atoms with E-state index in [4.69, 9.17) is 4.74 Å². The first-order valence-corrected chi connectivity index (χ1v) is 7.75. The molecule has 1 unspecified atom stereocenters. The van der Waals surface area contributed by atoms with Crippen LogP contribution in [-0.4, -0.2) is 48.3 Å². The van der Waals surface area contributed by atoms with Crippen LogP contribution in [0.1, 0.15) is 30.4 Å². The van der Waals surface area contributed by atoms with Crippen LogP contribution in [0.25, 0.3) is 0 Å². The van der Waals surface area contributed by atoms with E-state index < -0.39 is 0 Å². The number of amides is 1. The molecule has 2 fully saturated rings. The molecule has 0 aromatic heterocycles. The Kier molecular flexibility index (Phi) is 4.00. The lowest BCUT2D eigenvalue weighted by atomic mass is 9.63. The van der Waals surface area contributed by atoms with Gasteiger partial charge in [-0.15, -0.1) is 0 Å². The van der Waals surface area contributed by atoms with Gasteiger partial charge in [0.25, 0.3) is 0 Å². The monoisotopic (exact) mass is 289 g/mol. The van der Waals surface area contributed by atoms with Gasteiger partial charge in [0.1, 0.15) is 0 Å². The Labute approximate surface area is 125 Å². The van der Waals surface area contributed by atoms with Gasteiger partial charge < -0.3 is 14.7 Å². The van der Waals surface area contributed by atoms with Gasteiger partial charge in [0.15, 0.2) is 0 Å². The first-order valence-electron chi connectivity index (χ1n) is 7.75. The van der Waals surface area contributed by atoms with Gasteiger partial charge in [0.2, 0.25) is 5.91 Å². The van der Waals surface area contributed by atoms with Gasteiger partial charge in [-0.2, -0.15) is 0 Å². The van der Waals surface area contributed by atoms with Crippen LogP contribution in [0, 0.1) is 6.92 Å². The fourth-order valence-corrected chi connectivity index (χ4v) is 3.42. The van der Waals surface area contributed by atoms with Gasteiger partial charge in [-0.25, -0.2) is 0 Å². The molecule has 21 heavy (non-hydrogen) atoms. The second-order valence-corrected chi connectivity index (χ2v) is 6.23. The van der Waals surface area contributed by atoms with Crippen LogP contribution in [0.4, 0.5) is 0 Å². The molecule has 1 atom stereocenters. The number of hydrogen-bond donors (Lipinski definition) is 1. The Morgan fingerprint density at radius 2 is 2.29 bits per heavy atom. The van der Waals surface area contributed by atoms with Crippen molar-refractivity contribution in [3.8, 4) is 0 Å². The van der Waals surface area contributed by atoms with Crippen molar-refractivity contribution in [3.05, 3.63) is 35.4 Å². The maximum Gasteiger partial charge on any atom is 0.233 e. The number of nitrogens with zero attached hydrogens (tertiary/aromatic N) is 1. The fraction of sp³-hybridized carbons (Fsp3) is 0.588. The van der Waals surface area contributed by atoms with E-state index in [0.717, 1.165) is 24.8 Å². The zero-order chi connectivity index (χ0) is 14.9. The topological polar surface area (TPSA) is 49.8 Å². The predicted octanol–water partition coefficient (Wildman–Crippen LogP) is 1.64. The number of aryl methyl sites for hydroxylation is 1. The molecule has 4 nitrogen and oxygen atoms in total. The first-order chi connectivity index (χ1) is 10.2. The highest BCUT2D eigenvalue weighted by molar-refractivity contribution is 5.89. The molecule has 114 valence electrons. The zero-order valence-electron chi connectivity index (χ0n) is 12.5. The highest BCUT2D eigenvalue weighted by Crippen LogP contribution is 2.45. The third kappa shape index (κ3) is 2.58. The van der Waals surface area contributed by atoms with Crippen molar-refractivity contribution >= 4 is 5.91 Å². The average Bonchev–Trinajstić information content (AvgIpc) is 2.46. The van der Waals surface area contributed by atoms with Crippen molar-refractivity contribution in [1.82, 2.24) is 4.90 Å². The molecule has 1 aromatic rings. The smallest absolute Gasteiger partial charge is 0.233 e. The lowest BCUT2D eigenvalue weighted by Gasteiger charge is -2.45. The van der Waals surface area contributed by atoms with Crippen molar-refractivity contribution < 1.29 is 14.6 Å². The molecule has 0 bridgehead atoms. The van der Waals surface area contributed by atoms with Crippen LogP contribution in [0.5, 0.6) is 0 Å². The molecule has 1 saturated heterocycles. The minimum atomic E-state index is -0.344. The molecule has 0 radical (unpaired) electrons. The normalized spacial score (nSPS) is 24.5. The quantitative estimate of drug-likeness (QED) is 0.920. The molecule has 3 rings (SSSR count). The second-order valence-electron chi connectivity index (χ2n) is 6.23. The molecule has 0 spiro atoms. The van der Waals surface area contributed by atoms with Gasteiger partial charge in [-0.3, -0.25) is 4.79 Å². The standard InChI is InChI=1S/C17H23NO3/c1-13-4-2-5-14(10-13)17(6-3-7-17)16(20)18-8-9-21-15(11-18)12-19/h2,4-5,10,15,19H,3,6-9,11-12H2,1H3. The minimum absolute atomic E-state index is 0.0266. The third-order valence-electron chi connectivity index (χ3n) is 4.82. The Bertz CT molecular complexity index is 525. The number of hydrogen-bond acceptors (Lipinski definition) is 3. The molecule has 4 heteroatoms. The minimum Gasteiger partial charge on any atom is -0.394 e. The number of carbonyl (C=O) groups excluding carboxylic acids is 1. The number of aliphatic hydroxyl groups is 1. The number of ether oxygens (including phenoxy) is 1. The van der Waals surface area contributed by atoms with Gasteiger partial charge in [0.05, 0.1) is 24.7 Å². The van der Waals surface area contributed by atoms with Gasteiger partial charge in [-0.1, -0.05) is 36.2 Å². The summed E-state index contributed by atoms with van der Waals surface area (Å²) in [6, 6.07) is 8.32. The Morgan fingerprint density at radius 1 is 1.48 bits per heavy atom. The van der Waals surface area contributed by atoms with Crippen LogP contribution in [0.3, 0.4) is 0 Å². The number of rotatable bonds is 3. The number of morpholine rings is 1. The van der Waals surface area contributed by atoms with E-state index in [9.17, 15) is 9.90 Å². The van der Waals surface area contributed by atoms with Crippen LogP contribution in [0.2, 0.25) is 0 Å². The van der Waals surface area contributed by atoms with Crippen molar-refractivity contribution in [2.75, 3.05) is 26.3 Å². The summed E-state index contributed by atoms with van der Waals surface area (Å²) >= 11 is 0. The van der Waals surface area contributed by atoms with E-state index in [2.05, 4.69) is 25.1 Å². The molecule has 1 heterocycles. The Morgan fingerprint density at radius 3 is 2.90 bits per heavy atom. The number of aliphatic hydroxyl groups excluding tert-OH is 1. The lowest BCUT2D eigenvalue weighted by Crippen LogP contribution is -2.56. The molecular weight excluding hydrogens is 266 g/mol. The summed E-state index contributed by atoms with van der Waals surface area (Å²) in [7, 11) is 0. The maximum atomic E-state index is 13.1. The van der Waals surface area contributed by atoms with Crippen molar-refractivity contribution in [3.63, 3.8) is 0 Å². The third-order valence-corrected chi connectivity index (χ3v) is 4.82. The summed E-state index contributed by atoms with van der Waals surface area (Å²) in [6.45, 7) is 3.69. The van der Waals surface area contributed by atoms with Gasteiger partial charge in [-0.05, 0) is 25.3 Å². The summed E-state index contributed by atoms with van der Waals surface area (Å²) in [6.07, 6.45) is 2.72. The van der Waals surface area contributed by atoms with Crippen molar-refractivity contribution in [2.24, 2.45) is 0 Å². The van der Waals surface area contributed by atoms with Crippen LogP contribution in [0.15, 0.2) is 24.3 Å². The van der Waals surface area contributed by atoms with E-state index in [1.54, 1.807) is 0 Å². The molecule has 1 aliphatic heterocycles. The summed E-state index contributed by atoms with van der Waals surface area (Å²) in [5, 5.41) is 9.26. The molecule has 2 aliphatic rings. The fourth-order valence-electron chi connectivity index (χ4n) is 3.42. The molecular formula is C17H23NO3. The molecule has 1 N–H and O–H groups in total. The average molecular weight is 289 g/mol. The van der Waals surface area contributed by atoms with Crippen LogP contribution >= 0.6 is 0 Å². The largest absolute Gasteiger partial charge is 0.394 e. The van der Waals surface area contributed by atoms with Crippen LogP contribution in [-0.2, 0) is 14.9 Å². The first kappa shape index (κ1) is 14.5. The summed E-state index contributed by atoms with van der Waals surface area (Å²) < 4.78 is 5.45. The van der Waals surface area contributed by atoms with E-state index in [1.165, 1.54) is 5.56 Å². The highest BCUT2D eigenvalue weighted by Gasteiger charge is 2.48. The zero-order valence-corrected chi connectivity index (χ0v) is 12.5. The second kappa shape index (κ2) is 5.78. The van der Waals surface area contributed by atoms with E-state index in [-0.39, 0.29) is 24.0 Å². The van der Waals surface area contributed by atoms with Crippen LogP contribution < -0.4 is 0 Å². The highest BCUT2D eigenvalue weighted by atomic mass is 16.5. The SMILES string of the molecule is Cc1cccc(C2(C(=O)N3CCOC(CO)C3)CCC2)c1. The molecule has 1 saturated carbocycles. The summed E-state index contributed by atoms with van der Waals surface area (Å²) in [5.41, 5.74) is 2.00. The van der Waals surface area contributed by atoms with E-state index >= 15 is 0 Å². The van der Waals surface area contributed by atoms with E-state index in [1.807, 2.05) is 11.0 Å². The summed E-state index contributed by atoms with van der Waals surface area (Å²) in [5.74, 6) is 0.209. The van der Waals surface area contributed by atoms with Gasteiger partial charge in [0, 0.05) is 13.1 Å². The Hall–Kier alpha value is -1.39. The van der Waals surface area contributed by atoms with Crippen molar-refractivity contribution in [2.45, 2.75) is 37.7 Å². The molecule has 1 aromatic carbocycles. The lowest BCUT2D eigenvalue weighted by molar-refractivity contribution is -0.149. The van der Waals surface area contributed by atoms with E-state index in [0.29, 0.717) is 19.7 Å². The molecule has 1 aliphatic carbocycles. The molecule has 1 amide bonds. The van der Waals surface area contributed by atoms with Crippen molar-refractivity contribution in [1.29, 1.82) is 0 Å². The summed E-state index contributed by atoms with van der Waals surface area (Å²) in [4.78, 5) is 14.9. The number of benzene rings is 1. The predicted molar refractivity (Wildman–Crippen MR) is 80.1 cm³/mol. The maximum absolute atomic E-state index is 13.1. The number of carbonyl (C=O) groups is 1. The Balaban J connectivity index is 1.84. The van der Waals surface area contributed by atoms with Gasteiger partial charge >= 0.3 is 0 Å².